The summed E-state index contributed by atoms with van der Waals surface area (Å²) in [5.74, 6) is 5.63. The van der Waals surface area contributed by atoms with Gasteiger partial charge in [0.15, 0.2) is 0 Å². The first-order valence-corrected chi connectivity index (χ1v) is 10.7. The third kappa shape index (κ3) is 5.01. The molecule has 0 aliphatic rings. The molecular weight excluding hydrogens is 450 g/mol. The number of benzene rings is 3. The fourth-order valence-corrected chi connectivity index (χ4v) is 3.70. The van der Waals surface area contributed by atoms with Gasteiger partial charge in [-0.25, -0.2) is 0 Å². The number of aromatic nitrogens is 1. The van der Waals surface area contributed by atoms with Crippen LogP contribution in [0.5, 0.6) is 5.75 Å². The number of hydrazine groups is 1. The summed E-state index contributed by atoms with van der Waals surface area (Å²) in [7, 11) is 1.53. The fourth-order valence-electron chi connectivity index (χ4n) is 3.39. The van der Waals surface area contributed by atoms with Crippen molar-refractivity contribution in [2.75, 3.05) is 7.11 Å². The number of carbonyl (C=O) groups is 2. The van der Waals surface area contributed by atoms with Crippen LogP contribution in [0.4, 0.5) is 0 Å². The van der Waals surface area contributed by atoms with Crippen LogP contribution in [0.3, 0.4) is 0 Å². The van der Waals surface area contributed by atoms with E-state index in [1.54, 1.807) is 49.5 Å². The van der Waals surface area contributed by atoms with Gasteiger partial charge in [0.1, 0.15) is 5.75 Å². The molecule has 0 aliphatic heterocycles. The number of ether oxygens (including phenoxy) is 1. The van der Waals surface area contributed by atoms with Crippen LogP contribution >= 0.6 is 11.6 Å². The third-order valence-electron chi connectivity index (χ3n) is 5.13. The molecule has 1 aromatic heterocycles. The number of pyridine rings is 1. The van der Waals surface area contributed by atoms with Gasteiger partial charge in [-0.15, -0.1) is 0 Å². The Hall–Kier alpha value is -4.34. The first-order chi connectivity index (χ1) is 16.5. The number of methoxy groups -OCH3 is 1. The molecule has 7 heteroatoms. The topological polar surface area (TPSA) is 80.3 Å². The normalized spacial score (nSPS) is 10.2. The van der Waals surface area contributed by atoms with Crippen molar-refractivity contribution in [3.63, 3.8) is 0 Å². The van der Waals surface area contributed by atoms with Gasteiger partial charge >= 0.3 is 0 Å². The summed E-state index contributed by atoms with van der Waals surface area (Å²) in [4.78, 5) is 29.6. The lowest BCUT2D eigenvalue weighted by Gasteiger charge is -2.11. The van der Waals surface area contributed by atoms with Gasteiger partial charge in [-0.1, -0.05) is 53.8 Å². The Kier molecular flexibility index (Phi) is 6.77. The number of nitrogens with one attached hydrogen (secondary N) is 2. The molecule has 34 heavy (non-hydrogen) atoms. The Labute approximate surface area is 201 Å². The summed E-state index contributed by atoms with van der Waals surface area (Å²) in [6.07, 6.45) is 1.70. The highest BCUT2D eigenvalue weighted by Gasteiger charge is 2.15. The minimum Gasteiger partial charge on any atom is -0.495 e. The number of nitrogens with zero attached hydrogens (tertiary/aromatic N) is 1. The minimum atomic E-state index is -0.506. The third-order valence-corrected chi connectivity index (χ3v) is 5.45. The lowest BCUT2D eigenvalue weighted by Crippen LogP contribution is -2.42. The van der Waals surface area contributed by atoms with Crippen molar-refractivity contribution < 1.29 is 14.3 Å². The van der Waals surface area contributed by atoms with Crippen molar-refractivity contribution in [1.29, 1.82) is 0 Å². The first kappa shape index (κ1) is 22.8. The van der Waals surface area contributed by atoms with E-state index in [-0.39, 0.29) is 0 Å². The molecule has 0 atom stereocenters. The molecule has 0 radical (unpaired) electrons. The largest absolute Gasteiger partial charge is 0.495 e. The van der Waals surface area contributed by atoms with E-state index in [0.29, 0.717) is 33.0 Å². The Morgan fingerprint density at radius 2 is 1.74 bits per heavy atom. The standard InChI is InChI=1S/C27H20ClN3O3/c1-17-6-5-8-22(28)25(17)27(33)31-30-26(32)21-12-13-24(34-2)20(15-21)11-10-18-14-19-7-3-4-9-23(19)29-16-18/h3-9,12-16H,1-2H3,(H,30,32)(H,31,33). The van der Waals surface area contributed by atoms with Crippen LogP contribution in [0.25, 0.3) is 10.9 Å². The van der Waals surface area contributed by atoms with Gasteiger partial charge in [-0.05, 0) is 48.9 Å². The number of amides is 2. The molecule has 0 bridgehead atoms. The fraction of sp³-hybridized carbons (Fsp3) is 0.0741. The number of aryl methyl sites for hydroxylation is 1. The van der Waals surface area contributed by atoms with E-state index in [1.165, 1.54) is 7.11 Å². The number of rotatable bonds is 3. The number of hydrogen-bond acceptors (Lipinski definition) is 4. The number of para-hydroxylation sites is 1. The molecule has 4 aromatic rings. The Morgan fingerprint density at radius 1 is 0.941 bits per heavy atom. The van der Waals surface area contributed by atoms with Gasteiger partial charge in [0.25, 0.3) is 11.8 Å². The highest BCUT2D eigenvalue weighted by molar-refractivity contribution is 6.34. The van der Waals surface area contributed by atoms with E-state index in [9.17, 15) is 9.59 Å². The second kappa shape index (κ2) is 10.1. The smallest absolute Gasteiger partial charge is 0.271 e. The van der Waals surface area contributed by atoms with Crippen molar-refractivity contribution >= 4 is 34.3 Å². The van der Waals surface area contributed by atoms with E-state index in [1.807, 2.05) is 30.3 Å². The van der Waals surface area contributed by atoms with Gasteiger partial charge in [-0.3, -0.25) is 25.4 Å². The molecule has 6 nitrogen and oxygen atoms in total. The Balaban J connectivity index is 1.53. The molecule has 0 saturated carbocycles. The molecule has 4 rings (SSSR count). The number of fused-ring (bicyclic) bond motifs is 1. The molecule has 0 spiro atoms. The molecule has 0 saturated heterocycles. The summed E-state index contributed by atoms with van der Waals surface area (Å²) in [6, 6.07) is 19.7. The average Bonchev–Trinajstić information content (AvgIpc) is 2.85. The lowest BCUT2D eigenvalue weighted by molar-refractivity contribution is 0.0846. The van der Waals surface area contributed by atoms with Crippen LogP contribution in [0.2, 0.25) is 5.02 Å². The molecule has 1 heterocycles. The number of carbonyl (C=O) groups excluding carboxylic acids is 2. The van der Waals surface area contributed by atoms with E-state index in [0.717, 1.165) is 16.5 Å². The van der Waals surface area contributed by atoms with E-state index in [2.05, 4.69) is 27.7 Å². The van der Waals surface area contributed by atoms with Gasteiger partial charge in [0.2, 0.25) is 0 Å². The van der Waals surface area contributed by atoms with E-state index in [4.69, 9.17) is 16.3 Å². The summed E-state index contributed by atoms with van der Waals surface area (Å²) >= 11 is 6.12. The average molecular weight is 470 g/mol. The van der Waals surface area contributed by atoms with Crippen LogP contribution in [-0.2, 0) is 0 Å². The quantitative estimate of drug-likeness (QED) is 0.337. The van der Waals surface area contributed by atoms with E-state index >= 15 is 0 Å². The number of hydrogen-bond donors (Lipinski definition) is 2. The molecule has 0 unspecified atom stereocenters. The van der Waals surface area contributed by atoms with E-state index < -0.39 is 11.8 Å². The zero-order valence-corrected chi connectivity index (χ0v) is 19.2. The Morgan fingerprint density at radius 3 is 2.53 bits per heavy atom. The molecule has 2 amide bonds. The van der Waals surface area contributed by atoms with Gasteiger partial charge in [0.05, 0.1) is 28.8 Å². The lowest BCUT2D eigenvalue weighted by atomic mass is 10.1. The van der Waals surface area contributed by atoms with Crippen LogP contribution < -0.4 is 15.6 Å². The predicted octanol–water partition coefficient (Wildman–Crippen LogP) is 4.68. The van der Waals surface area contributed by atoms with Crippen LogP contribution in [0.15, 0.2) is 72.9 Å². The zero-order valence-electron chi connectivity index (χ0n) is 18.5. The SMILES string of the molecule is COc1ccc(C(=O)NNC(=O)c2c(C)cccc2Cl)cc1C#Cc1cnc2ccccc2c1. The summed E-state index contributed by atoms with van der Waals surface area (Å²) in [6.45, 7) is 1.77. The maximum atomic E-state index is 12.7. The van der Waals surface area contributed by atoms with Crippen molar-refractivity contribution in [2.45, 2.75) is 6.92 Å². The number of halogens is 1. The van der Waals surface area contributed by atoms with Crippen molar-refractivity contribution in [1.82, 2.24) is 15.8 Å². The van der Waals surface area contributed by atoms with Crippen LogP contribution in [0, 0.1) is 18.8 Å². The van der Waals surface area contributed by atoms with Crippen LogP contribution in [-0.4, -0.2) is 23.9 Å². The van der Waals surface area contributed by atoms with Gasteiger partial charge in [0, 0.05) is 22.7 Å². The maximum absolute atomic E-state index is 12.7. The second-order valence-electron chi connectivity index (χ2n) is 7.42. The van der Waals surface area contributed by atoms with Crippen molar-refractivity contribution in [2.24, 2.45) is 0 Å². The monoisotopic (exact) mass is 469 g/mol. The molecule has 3 aromatic carbocycles. The highest BCUT2D eigenvalue weighted by atomic mass is 35.5. The zero-order chi connectivity index (χ0) is 24.1. The summed E-state index contributed by atoms with van der Waals surface area (Å²) in [5, 5.41) is 1.29. The van der Waals surface area contributed by atoms with Crippen molar-refractivity contribution in [3.8, 4) is 17.6 Å². The summed E-state index contributed by atoms with van der Waals surface area (Å²) in [5.41, 5.74) is 8.27. The van der Waals surface area contributed by atoms with Crippen molar-refractivity contribution in [3.05, 3.63) is 106 Å². The summed E-state index contributed by atoms with van der Waals surface area (Å²) < 4.78 is 5.39. The highest BCUT2D eigenvalue weighted by Crippen LogP contribution is 2.21. The molecule has 2 N–H and O–H groups in total. The van der Waals surface area contributed by atoms with Gasteiger partial charge < -0.3 is 4.74 Å². The van der Waals surface area contributed by atoms with Gasteiger partial charge in [-0.2, -0.15) is 0 Å². The Bertz CT molecular complexity index is 1450. The molecule has 168 valence electrons. The molecule has 0 aliphatic carbocycles. The minimum absolute atomic E-state index is 0.301. The second-order valence-corrected chi connectivity index (χ2v) is 7.83. The first-order valence-electron chi connectivity index (χ1n) is 10.4. The molecular formula is C27H20ClN3O3. The maximum Gasteiger partial charge on any atom is 0.271 e. The predicted molar refractivity (Wildman–Crippen MR) is 132 cm³/mol. The molecule has 0 fully saturated rings. The van der Waals surface area contributed by atoms with Crippen LogP contribution in [0.1, 0.15) is 37.4 Å².